The van der Waals surface area contributed by atoms with Crippen molar-refractivity contribution in [3.8, 4) is 0 Å². The zero-order chi connectivity index (χ0) is 19.8. The van der Waals surface area contributed by atoms with Gasteiger partial charge in [0.15, 0.2) is 6.29 Å². The minimum absolute atomic E-state index is 0.337. The van der Waals surface area contributed by atoms with Gasteiger partial charge in [0, 0.05) is 13.2 Å². The Morgan fingerprint density at radius 1 is 0.964 bits per heavy atom. The van der Waals surface area contributed by atoms with E-state index in [0.29, 0.717) is 33.0 Å². The van der Waals surface area contributed by atoms with Gasteiger partial charge >= 0.3 is 0 Å². The van der Waals surface area contributed by atoms with Crippen LogP contribution in [-0.4, -0.2) is 55.6 Å². The summed E-state index contributed by atoms with van der Waals surface area (Å²) in [6, 6.07) is 8.10. The molecule has 1 aromatic carbocycles. The van der Waals surface area contributed by atoms with Crippen molar-refractivity contribution < 1.29 is 28.8 Å². The molecule has 3 unspecified atom stereocenters. The molecule has 0 spiro atoms. The zero-order valence-corrected chi connectivity index (χ0v) is 17.0. The highest BCUT2D eigenvalue weighted by Gasteiger charge is 2.48. The number of hydrogen-bond acceptors (Lipinski definition) is 6. The summed E-state index contributed by atoms with van der Waals surface area (Å²) in [7, 11) is 0. The van der Waals surface area contributed by atoms with Crippen molar-refractivity contribution in [2.24, 2.45) is 0 Å². The second kappa shape index (κ2) is 11.2. The van der Waals surface area contributed by atoms with Gasteiger partial charge in [0.25, 0.3) is 0 Å². The summed E-state index contributed by atoms with van der Waals surface area (Å²) in [6.45, 7) is 6.66. The number of fused-ring (bicyclic) bond motifs is 3. The zero-order valence-electron chi connectivity index (χ0n) is 17.0. The molecule has 0 amide bonds. The van der Waals surface area contributed by atoms with Gasteiger partial charge in [-0.1, -0.05) is 51.0 Å². The van der Waals surface area contributed by atoms with Gasteiger partial charge in [0.05, 0.1) is 19.8 Å². The molecule has 2 aliphatic heterocycles. The molecule has 158 valence electrons. The fourth-order valence-electron chi connectivity index (χ4n) is 3.64. The standard InChI is InChI=1S/C22H34O6/c1-3-5-11-25-19-18-15-24-13-16-9-7-8-10-17(16)14-27-20(19)21(22(23)28-18)26-12-6-4-2/h7-10,18-23H,3-6,11-15H2,1-2H3/t18?,19-,20?,21?,22+/m0/s1. The second-order valence-electron chi connectivity index (χ2n) is 7.50. The lowest BCUT2D eigenvalue weighted by atomic mass is 9.97. The highest BCUT2D eigenvalue weighted by Crippen LogP contribution is 2.30. The van der Waals surface area contributed by atoms with Crippen molar-refractivity contribution in [2.75, 3.05) is 19.8 Å². The Hall–Kier alpha value is -1.02. The fourth-order valence-corrected chi connectivity index (χ4v) is 3.64. The van der Waals surface area contributed by atoms with Gasteiger partial charge < -0.3 is 28.8 Å². The Morgan fingerprint density at radius 2 is 1.61 bits per heavy atom. The third-order valence-corrected chi connectivity index (χ3v) is 5.32. The van der Waals surface area contributed by atoms with Gasteiger partial charge in [0.2, 0.25) is 0 Å². The highest BCUT2D eigenvalue weighted by molar-refractivity contribution is 5.26. The van der Waals surface area contributed by atoms with E-state index in [1.165, 1.54) is 0 Å². The maximum atomic E-state index is 10.6. The largest absolute Gasteiger partial charge is 0.374 e. The maximum absolute atomic E-state index is 10.6. The SMILES string of the molecule is CCCCOC1C2OCc3ccccc3COCC(O[C@H]1O)[C@@H]2OCCCC. The van der Waals surface area contributed by atoms with Crippen LogP contribution in [0.15, 0.2) is 24.3 Å². The first-order valence-corrected chi connectivity index (χ1v) is 10.6. The van der Waals surface area contributed by atoms with E-state index in [4.69, 9.17) is 23.7 Å². The first-order chi connectivity index (χ1) is 13.7. The van der Waals surface area contributed by atoms with Crippen LogP contribution in [0.2, 0.25) is 0 Å². The van der Waals surface area contributed by atoms with E-state index in [0.717, 1.165) is 36.8 Å². The molecule has 6 nitrogen and oxygen atoms in total. The van der Waals surface area contributed by atoms with E-state index in [2.05, 4.69) is 19.9 Å². The third-order valence-electron chi connectivity index (χ3n) is 5.32. The van der Waals surface area contributed by atoms with Crippen molar-refractivity contribution in [3.05, 3.63) is 35.4 Å². The lowest BCUT2D eigenvalue weighted by Crippen LogP contribution is -2.61. The van der Waals surface area contributed by atoms with Crippen LogP contribution in [-0.2, 0) is 36.9 Å². The summed E-state index contributed by atoms with van der Waals surface area (Å²) in [5.41, 5.74) is 2.19. The number of aliphatic hydroxyl groups is 1. The summed E-state index contributed by atoms with van der Waals surface area (Å²) in [6.07, 6.45) is 1.16. The molecule has 0 radical (unpaired) electrons. The van der Waals surface area contributed by atoms with E-state index in [9.17, 15) is 5.11 Å². The quantitative estimate of drug-likeness (QED) is 0.683. The van der Waals surface area contributed by atoms with Gasteiger partial charge in [-0.25, -0.2) is 0 Å². The molecule has 2 bridgehead atoms. The number of unbranched alkanes of at least 4 members (excludes halogenated alkanes) is 2. The first-order valence-electron chi connectivity index (χ1n) is 10.6. The van der Waals surface area contributed by atoms with Crippen molar-refractivity contribution in [1.29, 1.82) is 0 Å². The molecule has 1 N–H and O–H groups in total. The number of hydrogen-bond donors (Lipinski definition) is 1. The normalized spacial score (nSPS) is 30.6. The van der Waals surface area contributed by atoms with Gasteiger partial charge in [-0.05, 0) is 24.0 Å². The van der Waals surface area contributed by atoms with Crippen LogP contribution in [0.4, 0.5) is 0 Å². The Kier molecular flexibility index (Phi) is 8.70. The molecular weight excluding hydrogens is 360 g/mol. The Bertz CT molecular complexity index is 580. The van der Waals surface area contributed by atoms with Crippen molar-refractivity contribution in [1.82, 2.24) is 0 Å². The topological polar surface area (TPSA) is 66.4 Å². The lowest BCUT2D eigenvalue weighted by Gasteiger charge is -2.44. The molecule has 2 aliphatic rings. The van der Waals surface area contributed by atoms with E-state index in [-0.39, 0.29) is 6.10 Å². The summed E-state index contributed by atoms with van der Waals surface area (Å²) >= 11 is 0. The van der Waals surface area contributed by atoms with Crippen molar-refractivity contribution in [3.63, 3.8) is 0 Å². The second-order valence-corrected chi connectivity index (χ2v) is 7.50. The van der Waals surface area contributed by atoms with E-state index in [1.807, 2.05) is 18.2 Å². The molecule has 6 heteroatoms. The monoisotopic (exact) mass is 394 g/mol. The van der Waals surface area contributed by atoms with E-state index < -0.39 is 24.6 Å². The first kappa shape index (κ1) is 21.7. The maximum Gasteiger partial charge on any atom is 0.184 e. The summed E-state index contributed by atoms with van der Waals surface area (Å²) in [4.78, 5) is 0. The average molecular weight is 395 g/mol. The molecule has 28 heavy (non-hydrogen) atoms. The highest BCUT2D eigenvalue weighted by atomic mass is 16.7. The van der Waals surface area contributed by atoms with Crippen LogP contribution in [0.5, 0.6) is 0 Å². The molecule has 1 fully saturated rings. The summed E-state index contributed by atoms with van der Waals surface area (Å²) < 4.78 is 30.3. The van der Waals surface area contributed by atoms with Crippen molar-refractivity contribution >= 4 is 0 Å². The number of aliphatic hydroxyl groups excluding tert-OH is 1. The Morgan fingerprint density at radius 3 is 2.29 bits per heavy atom. The number of benzene rings is 1. The van der Waals surface area contributed by atoms with Crippen LogP contribution in [0.25, 0.3) is 0 Å². The molecule has 0 aliphatic carbocycles. The predicted octanol–water partition coefficient (Wildman–Crippen LogP) is 3.19. The molecule has 0 saturated carbocycles. The molecule has 3 rings (SSSR count). The van der Waals surface area contributed by atoms with Crippen LogP contribution >= 0.6 is 0 Å². The number of ether oxygens (including phenoxy) is 5. The summed E-state index contributed by atoms with van der Waals surface area (Å²) in [5.74, 6) is 0. The molecule has 1 aromatic rings. The molecule has 1 saturated heterocycles. The van der Waals surface area contributed by atoms with Crippen LogP contribution < -0.4 is 0 Å². The van der Waals surface area contributed by atoms with Crippen LogP contribution in [0.3, 0.4) is 0 Å². The minimum Gasteiger partial charge on any atom is -0.374 e. The average Bonchev–Trinajstić information content (AvgIpc) is 2.70. The van der Waals surface area contributed by atoms with Gasteiger partial charge in [-0.2, -0.15) is 0 Å². The summed E-state index contributed by atoms with van der Waals surface area (Å²) in [5, 5.41) is 10.6. The van der Waals surface area contributed by atoms with E-state index >= 15 is 0 Å². The van der Waals surface area contributed by atoms with Crippen LogP contribution in [0.1, 0.15) is 50.7 Å². The molecule has 0 aromatic heterocycles. The minimum atomic E-state index is -1.06. The van der Waals surface area contributed by atoms with Gasteiger partial charge in [-0.15, -0.1) is 0 Å². The van der Waals surface area contributed by atoms with Crippen molar-refractivity contribution in [2.45, 2.75) is 83.5 Å². The number of rotatable bonds is 8. The van der Waals surface area contributed by atoms with Gasteiger partial charge in [0.1, 0.15) is 24.4 Å². The molecule has 2 heterocycles. The lowest BCUT2D eigenvalue weighted by molar-refractivity contribution is -0.314. The van der Waals surface area contributed by atoms with Crippen LogP contribution in [0, 0.1) is 0 Å². The fraction of sp³-hybridized carbons (Fsp3) is 0.727. The van der Waals surface area contributed by atoms with Gasteiger partial charge in [-0.3, -0.25) is 0 Å². The Labute approximate surface area is 168 Å². The predicted molar refractivity (Wildman–Crippen MR) is 105 cm³/mol. The molecule has 5 atom stereocenters. The third kappa shape index (κ3) is 5.53. The smallest absolute Gasteiger partial charge is 0.184 e. The Balaban J connectivity index is 1.81. The van der Waals surface area contributed by atoms with E-state index in [1.54, 1.807) is 0 Å². The molecular formula is C22H34O6.